The Labute approximate surface area is 658 Å². The number of nitrogens with two attached hydrogens (primary N) is 1. The van der Waals surface area contributed by atoms with Gasteiger partial charge in [0.1, 0.15) is 38.9 Å². The van der Waals surface area contributed by atoms with Crippen molar-refractivity contribution in [1.29, 1.82) is 0 Å². The van der Waals surface area contributed by atoms with E-state index in [2.05, 4.69) is 76.2 Å². The van der Waals surface area contributed by atoms with Gasteiger partial charge in [0.05, 0.1) is 68.5 Å². The van der Waals surface area contributed by atoms with Crippen molar-refractivity contribution in [2.75, 3.05) is 5.75 Å². The fraction of sp³-hybridized carbons (Fsp3) is 0.154. The molecule has 10 heterocycles. The van der Waals surface area contributed by atoms with Crippen molar-refractivity contribution in [3.8, 4) is 35.1 Å². The molecule has 14 aromatic rings. The largest absolute Gasteiger partial charge is 0.403 e. The van der Waals surface area contributed by atoms with E-state index in [9.17, 15) is 42.7 Å². The summed E-state index contributed by atoms with van der Waals surface area (Å²) in [4.78, 5) is 132. The lowest BCUT2D eigenvalue weighted by Crippen LogP contribution is -2.26. The van der Waals surface area contributed by atoms with E-state index in [1.807, 2.05) is 123 Å². The molecule has 5 aromatic carbocycles. The first-order valence-electron chi connectivity index (χ1n) is 33.9. The monoisotopic (exact) mass is 1600 g/mol. The maximum Gasteiger partial charge on any atom is 0.363 e. The maximum absolute atomic E-state index is 13.5. The summed E-state index contributed by atoms with van der Waals surface area (Å²) in [6, 6.07) is 43.7. The number of benzene rings is 5. The van der Waals surface area contributed by atoms with Crippen molar-refractivity contribution in [1.82, 2.24) is 84.0 Å². The second kappa shape index (κ2) is 36.6. The zero-order valence-corrected chi connectivity index (χ0v) is 64.6. The molecule has 1 aliphatic heterocycles. The number of thioether (sulfide) groups is 4. The molecule has 0 aliphatic carbocycles. The minimum atomic E-state index is -0.665. The number of primary amides is 1. The van der Waals surface area contributed by atoms with Crippen LogP contribution in [0.1, 0.15) is 64.7 Å². The molecular formula is C78H67ClFN19O9S4. The summed E-state index contributed by atoms with van der Waals surface area (Å²) in [5, 5.41) is 19.7. The highest BCUT2D eigenvalue weighted by atomic mass is 35.5. The summed E-state index contributed by atoms with van der Waals surface area (Å²) < 4.78 is 24.1. The average molecular weight is 1600 g/mol. The lowest BCUT2D eigenvalue weighted by molar-refractivity contribution is -0.130. The normalized spacial score (nSPS) is 12.7. The van der Waals surface area contributed by atoms with Gasteiger partial charge >= 0.3 is 5.97 Å². The predicted molar refractivity (Wildman–Crippen MR) is 434 cm³/mol. The third kappa shape index (κ3) is 20.2. The molecule has 112 heavy (non-hydrogen) atoms. The van der Waals surface area contributed by atoms with E-state index < -0.39 is 27.7 Å². The average Bonchev–Trinajstić information content (AvgIpc) is 1.64. The Morgan fingerprint density at radius 2 is 1.09 bits per heavy atom. The van der Waals surface area contributed by atoms with Crippen LogP contribution in [0.2, 0.25) is 5.02 Å². The Kier molecular flexibility index (Phi) is 26.3. The van der Waals surface area contributed by atoms with Crippen molar-refractivity contribution >= 4 is 144 Å². The van der Waals surface area contributed by atoms with E-state index >= 15 is 0 Å². The molecule has 566 valence electrons. The lowest BCUT2D eigenvalue weighted by atomic mass is 10.1. The standard InChI is InChI=1S/C17H12N2O2.C16H15FN4O2S.C16H16N4O2S.C15H15N5O2S.C14H9ClN4OS/c20-17-15(11-14-7-4-10-18-12-14)19-16(21-17)9-8-13-5-2-1-3-6-13;1-3-13(9(2)22)24-16-19-14-12(15(23)20-16)8-18-21(14)11-6-4-5-10(17)7-11;1-10(21)16(2,3)23-15-18-13-12(14(22)19-15)9-17-20(13)11-7-5-4-6-8-11;1-8-4-3-5-10(6-8)20-13-11(7-17-20)14(22)19-15(18-13)23-9(2)12(16)21;1-2-6-21-14-17-12-11(13(20)18-14)8-16-19(12)10-5-3-4-9(15)7-10/h1-12H;4-8,13H,3H2,1-2H3,(H,19,20,23);4-9H,1-3H3,(H,18,19,22);3-7,9H,1-2H3,(H2,16,21)(H,18,19,22);1,3-5,7-8H,6H2,(H,17,18,20)/b9-8+,15-11-;;;;. The van der Waals surface area contributed by atoms with Gasteiger partial charge in [-0.2, -0.15) is 20.4 Å². The molecule has 15 rings (SSSR count). The molecule has 0 fully saturated rings. The Morgan fingerprint density at radius 1 is 0.607 bits per heavy atom. The summed E-state index contributed by atoms with van der Waals surface area (Å²) in [5.74, 6) is 1.92. The van der Waals surface area contributed by atoms with E-state index in [-0.39, 0.29) is 44.8 Å². The number of H-pyrrole nitrogens is 4. The molecular weight excluding hydrogens is 1530 g/mol. The second-order valence-corrected chi connectivity index (χ2v) is 30.2. The van der Waals surface area contributed by atoms with Gasteiger partial charge in [-0.05, 0) is 144 Å². The number of nitrogens with zero attached hydrogens (tertiary/aromatic N) is 14. The molecule has 2 unspecified atom stereocenters. The summed E-state index contributed by atoms with van der Waals surface area (Å²) in [6.45, 7) is 12.2. The number of aliphatic imine (C=N–C) groups is 1. The number of fused-ring (bicyclic) bond motifs is 4. The highest BCUT2D eigenvalue weighted by Gasteiger charge is 2.28. The predicted octanol–water partition coefficient (Wildman–Crippen LogP) is 12.2. The molecule has 34 heteroatoms. The van der Waals surface area contributed by atoms with Crippen LogP contribution in [0.4, 0.5) is 4.39 Å². The minimum absolute atomic E-state index is 0.0156. The van der Waals surface area contributed by atoms with E-state index in [1.54, 1.807) is 89.7 Å². The van der Waals surface area contributed by atoms with E-state index in [1.165, 1.54) is 90.7 Å². The molecule has 28 nitrogen and oxygen atoms in total. The third-order valence-electron chi connectivity index (χ3n) is 16.1. The number of ketones is 2. The quantitative estimate of drug-likeness (QED) is 0.0165. The second-order valence-electron chi connectivity index (χ2n) is 24.6. The van der Waals surface area contributed by atoms with Gasteiger partial charge in [0, 0.05) is 23.5 Å². The number of amides is 1. The fourth-order valence-electron chi connectivity index (χ4n) is 10.2. The van der Waals surface area contributed by atoms with Crippen LogP contribution < -0.4 is 28.0 Å². The minimum Gasteiger partial charge on any atom is -0.403 e. The molecule has 6 N–H and O–H groups in total. The van der Waals surface area contributed by atoms with Gasteiger partial charge in [0.2, 0.25) is 11.8 Å². The number of ether oxygens (including phenoxy) is 1. The zero-order valence-electron chi connectivity index (χ0n) is 60.6. The number of nitrogens with one attached hydrogen (secondary N) is 4. The number of hydrogen-bond acceptors (Lipinski definition) is 23. The summed E-state index contributed by atoms with van der Waals surface area (Å²) in [5.41, 5.74) is 11.8. The van der Waals surface area contributed by atoms with Gasteiger partial charge in [-0.15, -0.1) is 6.42 Å². The first kappa shape index (κ1) is 80.3. The molecule has 0 radical (unpaired) electrons. The third-order valence-corrected chi connectivity index (χ3v) is 20.7. The van der Waals surface area contributed by atoms with Gasteiger partial charge in [0.25, 0.3) is 22.2 Å². The Hall–Kier alpha value is -12.7. The van der Waals surface area contributed by atoms with Crippen molar-refractivity contribution in [3.63, 3.8) is 0 Å². The topological polar surface area (TPSA) is 383 Å². The molecule has 0 saturated carbocycles. The highest BCUT2D eigenvalue weighted by molar-refractivity contribution is 8.01. The number of Topliss-reactive ketones (excluding diaryl/α,β-unsaturated/α-hetero) is 2. The molecule has 2 atom stereocenters. The highest BCUT2D eigenvalue weighted by Crippen LogP contribution is 2.32. The summed E-state index contributed by atoms with van der Waals surface area (Å²) >= 11 is 10.8. The van der Waals surface area contributed by atoms with Gasteiger partial charge in [0.15, 0.2) is 48.9 Å². The van der Waals surface area contributed by atoms with Crippen LogP contribution in [0.15, 0.2) is 239 Å². The van der Waals surface area contributed by atoms with Crippen LogP contribution in [-0.4, -0.2) is 134 Å². The SMILES string of the molecule is C#CCSc1nc2c(cnn2-c2cccc(Cl)c2)c(=O)[nH]1.CC(=O)C(C)(C)Sc1nc2c(cnn2-c2ccccc2)c(=O)[nH]1.CCC(Sc1nc2c(cnn2-c2cccc(F)c2)c(=O)[nH]1)C(C)=O.Cc1cccc(-n2ncc3c(=O)[nH]c(SC(C)C(N)=O)nc32)c1.O=C1OC(/C=C/c2ccccc2)=NC/1=C\c1cccnc1. The van der Waals surface area contributed by atoms with Crippen LogP contribution in [0.5, 0.6) is 0 Å². The number of carbonyl (C=O) groups excluding carboxylic acids is 4. The Morgan fingerprint density at radius 3 is 1.60 bits per heavy atom. The molecule has 9 aromatic heterocycles. The van der Waals surface area contributed by atoms with Crippen LogP contribution >= 0.6 is 58.6 Å². The van der Waals surface area contributed by atoms with Gasteiger partial charge in [-0.25, -0.2) is 52.8 Å². The molecule has 1 aliphatic rings. The molecule has 0 bridgehead atoms. The number of hydrogen-bond donors (Lipinski definition) is 5. The summed E-state index contributed by atoms with van der Waals surface area (Å²) in [6.07, 6.45) is 20.2. The first-order chi connectivity index (χ1) is 53.8. The van der Waals surface area contributed by atoms with Crippen molar-refractivity contribution in [2.45, 2.75) is 90.8 Å². The van der Waals surface area contributed by atoms with Crippen molar-refractivity contribution in [3.05, 3.63) is 263 Å². The number of halogens is 2. The molecule has 0 saturated heterocycles. The van der Waals surface area contributed by atoms with Crippen molar-refractivity contribution < 1.29 is 28.3 Å². The number of rotatable bonds is 19. The lowest BCUT2D eigenvalue weighted by Gasteiger charge is -2.19. The molecule has 1 amide bonds. The zero-order chi connectivity index (χ0) is 79.8. The van der Waals surface area contributed by atoms with Crippen LogP contribution in [0, 0.1) is 25.1 Å². The number of cyclic esters (lactones) is 1. The maximum atomic E-state index is 13.5. The van der Waals surface area contributed by atoms with Crippen molar-refractivity contribution in [2.24, 2.45) is 10.7 Å². The summed E-state index contributed by atoms with van der Waals surface area (Å²) in [7, 11) is 0. The van der Waals surface area contributed by atoms with Crippen LogP contribution in [0.3, 0.4) is 0 Å². The van der Waals surface area contributed by atoms with E-state index in [0.717, 1.165) is 45.5 Å². The number of terminal acetylenes is 1. The first-order valence-corrected chi connectivity index (χ1v) is 37.9. The Bertz CT molecular complexity index is 6230. The smallest absolute Gasteiger partial charge is 0.363 e. The van der Waals surface area contributed by atoms with Gasteiger partial charge in [-0.3, -0.25) is 38.5 Å². The van der Waals surface area contributed by atoms with Gasteiger partial charge < -0.3 is 30.4 Å². The number of aryl methyl sites for hydroxylation is 1. The van der Waals surface area contributed by atoms with Crippen LogP contribution in [-0.2, 0) is 23.9 Å². The Balaban J connectivity index is 0.000000139. The number of aromatic nitrogens is 17. The number of carbonyl (C=O) groups is 4. The van der Waals surface area contributed by atoms with Crippen LogP contribution in [0.25, 0.3) is 79.0 Å². The number of aromatic amines is 4. The number of para-hydroxylation sites is 1. The number of esters is 1. The number of pyridine rings is 1. The van der Waals surface area contributed by atoms with E-state index in [0.29, 0.717) is 93.5 Å². The fourth-order valence-corrected chi connectivity index (χ4v) is 13.5. The van der Waals surface area contributed by atoms with Gasteiger partial charge in [-0.1, -0.05) is 150 Å². The van der Waals surface area contributed by atoms with E-state index in [4.69, 9.17) is 28.5 Å². The molecule has 0 spiro atoms.